The first-order valence-corrected chi connectivity index (χ1v) is 7.38. The monoisotopic (exact) mass is 301 g/mol. The van der Waals surface area contributed by atoms with Crippen molar-refractivity contribution >= 4 is 0 Å². The normalized spacial score (nSPS) is 13.1. The number of hydrogen-bond donors (Lipinski definition) is 2. The van der Waals surface area contributed by atoms with Crippen LogP contribution in [0.2, 0.25) is 0 Å². The lowest BCUT2D eigenvalue weighted by Crippen LogP contribution is -2.32. The van der Waals surface area contributed by atoms with Crippen molar-refractivity contribution in [3.05, 3.63) is 63.7 Å². The summed E-state index contributed by atoms with van der Waals surface area (Å²) in [6, 6.07) is 9.82. The molecule has 0 saturated heterocycles. The zero-order chi connectivity index (χ0) is 16.3. The van der Waals surface area contributed by atoms with E-state index in [9.17, 15) is 9.90 Å². The molecule has 2 N–H and O–H groups in total. The van der Waals surface area contributed by atoms with Gasteiger partial charge in [-0.1, -0.05) is 50.6 Å². The molecule has 1 atom stereocenters. The zero-order valence-corrected chi connectivity index (χ0v) is 13.5. The highest BCUT2D eigenvalue weighted by Crippen LogP contribution is 2.33. The van der Waals surface area contributed by atoms with E-state index in [0.29, 0.717) is 12.3 Å². The lowest BCUT2D eigenvalue weighted by molar-refractivity contribution is 0.263. The van der Waals surface area contributed by atoms with Crippen LogP contribution in [-0.2, 0) is 6.54 Å². The number of benzene rings is 1. The van der Waals surface area contributed by atoms with E-state index in [1.54, 1.807) is 0 Å². The predicted octanol–water partition coefficient (Wildman–Crippen LogP) is 3.53. The van der Waals surface area contributed by atoms with Crippen LogP contribution in [0.5, 0.6) is 5.75 Å². The summed E-state index contributed by atoms with van der Waals surface area (Å²) in [6.45, 7) is 8.99. The van der Waals surface area contributed by atoms with Crippen LogP contribution in [0.15, 0.2) is 45.8 Å². The Morgan fingerprint density at radius 2 is 2.00 bits per heavy atom. The largest absolute Gasteiger partial charge is 0.502 e. The first kappa shape index (κ1) is 16.3. The van der Waals surface area contributed by atoms with Gasteiger partial charge in [0.1, 0.15) is 12.0 Å². The third-order valence-electron chi connectivity index (χ3n) is 3.59. The van der Waals surface area contributed by atoms with Gasteiger partial charge in [0.15, 0.2) is 5.75 Å². The first-order valence-electron chi connectivity index (χ1n) is 7.38. The van der Waals surface area contributed by atoms with Gasteiger partial charge in [0, 0.05) is 12.1 Å². The number of nitrogens with one attached hydrogen (secondary N) is 1. The maximum absolute atomic E-state index is 11.5. The Morgan fingerprint density at radius 3 is 2.59 bits per heavy atom. The molecule has 0 bridgehead atoms. The van der Waals surface area contributed by atoms with Gasteiger partial charge in [0.2, 0.25) is 5.43 Å². The second-order valence-electron chi connectivity index (χ2n) is 6.69. The van der Waals surface area contributed by atoms with Gasteiger partial charge in [-0.25, -0.2) is 0 Å². The lowest BCUT2D eigenvalue weighted by Gasteiger charge is -2.32. The summed E-state index contributed by atoms with van der Waals surface area (Å²) in [5, 5.41) is 12.7. The molecule has 1 aromatic heterocycles. The van der Waals surface area contributed by atoms with Crippen molar-refractivity contribution in [3.63, 3.8) is 0 Å². The van der Waals surface area contributed by atoms with Crippen molar-refractivity contribution in [1.29, 1.82) is 0 Å². The Balaban J connectivity index is 2.21. The second-order valence-corrected chi connectivity index (χ2v) is 6.69. The summed E-state index contributed by atoms with van der Waals surface area (Å²) < 4.78 is 5.25. The van der Waals surface area contributed by atoms with Crippen LogP contribution in [0.3, 0.4) is 0 Å². The van der Waals surface area contributed by atoms with E-state index in [1.807, 2.05) is 6.07 Å². The maximum Gasteiger partial charge on any atom is 0.226 e. The molecular weight excluding hydrogens is 278 g/mol. The van der Waals surface area contributed by atoms with Crippen LogP contribution in [0.1, 0.15) is 43.7 Å². The molecule has 0 amide bonds. The van der Waals surface area contributed by atoms with Gasteiger partial charge < -0.3 is 14.8 Å². The smallest absolute Gasteiger partial charge is 0.226 e. The quantitative estimate of drug-likeness (QED) is 0.907. The molecule has 1 aromatic carbocycles. The van der Waals surface area contributed by atoms with Crippen LogP contribution in [-0.4, -0.2) is 5.11 Å². The van der Waals surface area contributed by atoms with E-state index >= 15 is 0 Å². The fourth-order valence-corrected chi connectivity index (χ4v) is 2.51. The molecule has 1 heterocycles. The number of aromatic hydroxyl groups is 1. The minimum Gasteiger partial charge on any atom is -0.502 e. The van der Waals surface area contributed by atoms with Gasteiger partial charge in [-0.15, -0.1) is 0 Å². The van der Waals surface area contributed by atoms with E-state index < -0.39 is 5.43 Å². The Kier molecular flexibility index (Phi) is 4.71. The summed E-state index contributed by atoms with van der Waals surface area (Å²) in [5.41, 5.74) is 2.00. The van der Waals surface area contributed by atoms with E-state index in [2.05, 4.69) is 51.2 Å². The van der Waals surface area contributed by atoms with Crippen LogP contribution >= 0.6 is 0 Å². The van der Waals surface area contributed by atoms with E-state index in [0.717, 1.165) is 6.26 Å². The molecule has 0 aliphatic carbocycles. The standard InChI is InChI=1S/C18H23NO3/c1-12-6-5-7-13(8-12)17(18(2,3)4)19-10-14-9-15(20)16(21)11-22-14/h5-9,11,17,19,21H,10H2,1-4H3/t17-/m0/s1. The summed E-state index contributed by atoms with van der Waals surface area (Å²) in [4.78, 5) is 11.5. The molecule has 2 aromatic rings. The molecular formula is C18H23NO3. The highest BCUT2D eigenvalue weighted by Gasteiger charge is 2.26. The Labute approximate surface area is 130 Å². The minimum atomic E-state index is -0.425. The van der Waals surface area contributed by atoms with Gasteiger partial charge in [0.05, 0.1) is 6.54 Å². The fourth-order valence-electron chi connectivity index (χ4n) is 2.51. The van der Waals surface area contributed by atoms with Gasteiger partial charge in [-0.2, -0.15) is 0 Å². The average Bonchev–Trinajstić information content (AvgIpc) is 2.41. The van der Waals surface area contributed by atoms with Gasteiger partial charge in [-0.05, 0) is 17.9 Å². The maximum atomic E-state index is 11.5. The molecule has 0 aliphatic rings. The first-order chi connectivity index (χ1) is 10.3. The minimum absolute atomic E-state index is 0.00497. The van der Waals surface area contributed by atoms with Crippen molar-refractivity contribution in [2.45, 2.75) is 40.3 Å². The molecule has 0 aliphatic heterocycles. The molecule has 0 radical (unpaired) electrons. The Hall–Kier alpha value is -2.07. The van der Waals surface area contributed by atoms with Crippen LogP contribution in [0, 0.1) is 12.3 Å². The number of hydrogen-bond acceptors (Lipinski definition) is 4. The third kappa shape index (κ3) is 3.98. The van der Waals surface area contributed by atoms with Crippen molar-refractivity contribution in [1.82, 2.24) is 5.32 Å². The third-order valence-corrected chi connectivity index (χ3v) is 3.59. The van der Waals surface area contributed by atoms with Crippen LogP contribution in [0.25, 0.3) is 0 Å². The highest BCUT2D eigenvalue weighted by atomic mass is 16.4. The molecule has 2 rings (SSSR count). The highest BCUT2D eigenvalue weighted by molar-refractivity contribution is 5.26. The van der Waals surface area contributed by atoms with Crippen LogP contribution in [0.4, 0.5) is 0 Å². The van der Waals surface area contributed by atoms with Gasteiger partial charge >= 0.3 is 0 Å². The van der Waals surface area contributed by atoms with E-state index in [4.69, 9.17) is 4.42 Å². The summed E-state index contributed by atoms with van der Waals surface area (Å²) in [5.74, 6) is 0.138. The number of aryl methyl sites for hydroxylation is 1. The van der Waals surface area contributed by atoms with Crippen molar-refractivity contribution in [2.24, 2.45) is 5.41 Å². The van der Waals surface area contributed by atoms with Crippen molar-refractivity contribution in [3.8, 4) is 5.75 Å². The van der Waals surface area contributed by atoms with E-state index in [-0.39, 0.29) is 17.2 Å². The molecule has 0 unspecified atom stereocenters. The fraction of sp³-hybridized carbons (Fsp3) is 0.389. The molecule has 4 nitrogen and oxygen atoms in total. The predicted molar refractivity (Wildman–Crippen MR) is 86.9 cm³/mol. The Morgan fingerprint density at radius 1 is 1.27 bits per heavy atom. The SMILES string of the molecule is Cc1cccc([C@H](NCc2cc(=O)c(O)co2)C(C)(C)C)c1. The molecule has 118 valence electrons. The zero-order valence-electron chi connectivity index (χ0n) is 13.5. The van der Waals surface area contributed by atoms with Crippen LogP contribution < -0.4 is 10.7 Å². The van der Waals surface area contributed by atoms with Crippen molar-refractivity contribution in [2.75, 3.05) is 0 Å². The molecule has 0 fully saturated rings. The molecule has 4 heteroatoms. The van der Waals surface area contributed by atoms with E-state index in [1.165, 1.54) is 17.2 Å². The molecule has 22 heavy (non-hydrogen) atoms. The number of rotatable bonds is 4. The summed E-state index contributed by atoms with van der Waals surface area (Å²) in [7, 11) is 0. The van der Waals surface area contributed by atoms with Gasteiger partial charge in [-0.3, -0.25) is 4.79 Å². The lowest BCUT2D eigenvalue weighted by atomic mass is 9.82. The van der Waals surface area contributed by atoms with Crippen molar-refractivity contribution < 1.29 is 9.52 Å². The average molecular weight is 301 g/mol. The topological polar surface area (TPSA) is 62.5 Å². The summed E-state index contributed by atoms with van der Waals surface area (Å²) >= 11 is 0. The second kappa shape index (κ2) is 6.36. The van der Waals surface area contributed by atoms with Gasteiger partial charge in [0.25, 0.3) is 0 Å². The molecule has 0 spiro atoms. The Bertz CT molecular complexity index is 698. The molecule has 0 saturated carbocycles. The summed E-state index contributed by atoms with van der Waals surface area (Å²) in [6.07, 6.45) is 1.08.